The molecule has 0 unspecified atom stereocenters. The first-order chi connectivity index (χ1) is 9.08. The highest BCUT2D eigenvalue weighted by atomic mass is 79.9. The van der Waals surface area contributed by atoms with Crippen LogP contribution in [0, 0.1) is 0 Å². The van der Waals surface area contributed by atoms with E-state index in [1.165, 1.54) is 0 Å². The van der Waals surface area contributed by atoms with Gasteiger partial charge in [-0.15, -0.1) is 0 Å². The molecule has 6 heteroatoms. The Morgan fingerprint density at radius 3 is 2.89 bits per heavy atom. The van der Waals surface area contributed by atoms with Gasteiger partial charge in [-0.05, 0) is 36.8 Å². The van der Waals surface area contributed by atoms with E-state index in [0.717, 1.165) is 35.6 Å². The second-order valence-corrected chi connectivity index (χ2v) is 5.75. The fourth-order valence-corrected chi connectivity index (χ4v) is 2.08. The third kappa shape index (κ3) is 3.75. The first-order valence-corrected chi connectivity index (χ1v) is 7.25. The van der Waals surface area contributed by atoms with Crippen molar-refractivity contribution in [3.63, 3.8) is 0 Å². The average molecular weight is 326 g/mol. The maximum Gasteiger partial charge on any atom is 0.155 e. The molecule has 19 heavy (non-hydrogen) atoms. The molecule has 104 valence electrons. The molecule has 0 aliphatic heterocycles. The summed E-state index contributed by atoms with van der Waals surface area (Å²) in [7, 11) is 2.14. The Balaban J connectivity index is 1.90. The van der Waals surface area contributed by atoms with Gasteiger partial charge in [0.25, 0.3) is 0 Å². The lowest BCUT2D eigenvalue weighted by Crippen LogP contribution is -2.33. The lowest BCUT2D eigenvalue weighted by Gasteiger charge is -2.20. The van der Waals surface area contributed by atoms with Gasteiger partial charge in [-0.25, -0.2) is 9.97 Å². The van der Waals surface area contributed by atoms with Gasteiger partial charge in [0, 0.05) is 31.9 Å². The van der Waals surface area contributed by atoms with Gasteiger partial charge in [-0.3, -0.25) is 4.40 Å². The number of hydrogen-bond donors (Lipinski definition) is 1. The summed E-state index contributed by atoms with van der Waals surface area (Å²) >= 11 is 3.38. The van der Waals surface area contributed by atoms with Crippen LogP contribution < -0.4 is 5.32 Å². The molecule has 2 rings (SSSR count). The number of likely N-dealkylation sites (N-methyl/N-ethyl adjacent to an activating group) is 1. The van der Waals surface area contributed by atoms with Crippen LogP contribution in [0.25, 0.3) is 5.65 Å². The molecule has 0 amide bonds. The SMILES string of the molecule is CC(C)N(C)CCNCc1cnc2cnc(Br)cn12. The average Bonchev–Trinajstić information content (AvgIpc) is 2.76. The van der Waals surface area contributed by atoms with Crippen LogP contribution in [-0.2, 0) is 6.54 Å². The minimum Gasteiger partial charge on any atom is -0.310 e. The molecule has 2 heterocycles. The number of halogens is 1. The molecule has 0 saturated heterocycles. The van der Waals surface area contributed by atoms with E-state index in [2.05, 4.69) is 61.4 Å². The van der Waals surface area contributed by atoms with Crippen LogP contribution >= 0.6 is 15.9 Å². The molecule has 2 aromatic rings. The van der Waals surface area contributed by atoms with E-state index in [9.17, 15) is 0 Å². The van der Waals surface area contributed by atoms with Crippen molar-refractivity contribution in [3.05, 3.63) is 28.9 Å². The summed E-state index contributed by atoms with van der Waals surface area (Å²) in [6.45, 7) is 7.22. The Bertz CT molecular complexity index is 537. The van der Waals surface area contributed by atoms with Gasteiger partial charge in [-0.2, -0.15) is 0 Å². The number of nitrogens with one attached hydrogen (secondary N) is 1. The predicted molar refractivity (Wildman–Crippen MR) is 80.2 cm³/mol. The molecule has 0 saturated carbocycles. The lowest BCUT2D eigenvalue weighted by molar-refractivity contribution is 0.273. The molecule has 0 fully saturated rings. The summed E-state index contributed by atoms with van der Waals surface area (Å²) < 4.78 is 2.87. The van der Waals surface area contributed by atoms with Crippen LogP contribution in [-0.4, -0.2) is 45.4 Å². The summed E-state index contributed by atoms with van der Waals surface area (Å²) in [6, 6.07) is 0.583. The number of rotatable bonds is 6. The van der Waals surface area contributed by atoms with E-state index in [0.29, 0.717) is 6.04 Å². The van der Waals surface area contributed by atoms with Crippen molar-refractivity contribution in [1.29, 1.82) is 0 Å². The highest BCUT2D eigenvalue weighted by molar-refractivity contribution is 9.10. The Kier molecular flexibility index (Phi) is 4.90. The van der Waals surface area contributed by atoms with Gasteiger partial charge in [0.2, 0.25) is 0 Å². The van der Waals surface area contributed by atoms with Crippen molar-refractivity contribution < 1.29 is 0 Å². The topological polar surface area (TPSA) is 45.5 Å². The zero-order chi connectivity index (χ0) is 13.8. The molecule has 5 nitrogen and oxygen atoms in total. The maximum atomic E-state index is 4.33. The number of aromatic nitrogens is 3. The van der Waals surface area contributed by atoms with Crippen molar-refractivity contribution in [1.82, 2.24) is 24.6 Å². The smallest absolute Gasteiger partial charge is 0.155 e. The fraction of sp³-hybridized carbons (Fsp3) is 0.538. The lowest BCUT2D eigenvalue weighted by atomic mass is 10.3. The Morgan fingerprint density at radius 1 is 1.37 bits per heavy atom. The van der Waals surface area contributed by atoms with Gasteiger partial charge in [-0.1, -0.05) is 0 Å². The molecule has 0 aliphatic carbocycles. The van der Waals surface area contributed by atoms with Crippen LogP contribution in [0.5, 0.6) is 0 Å². The summed E-state index contributed by atoms with van der Waals surface area (Å²) in [4.78, 5) is 10.8. The second-order valence-electron chi connectivity index (χ2n) is 4.94. The zero-order valence-corrected chi connectivity index (χ0v) is 13.2. The summed E-state index contributed by atoms with van der Waals surface area (Å²) in [5, 5.41) is 3.45. The quantitative estimate of drug-likeness (QED) is 0.824. The third-order valence-electron chi connectivity index (χ3n) is 3.27. The van der Waals surface area contributed by atoms with Crippen molar-refractivity contribution in [2.24, 2.45) is 0 Å². The van der Waals surface area contributed by atoms with E-state index in [4.69, 9.17) is 0 Å². The van der Waals surface area contributed by atoms with Crippen LogP contribution in [0.2, 0.25) is 0 Å². The number of imidazole rings is 1. The Morgan fingerprint density at radius 2 is 2.16 bits per heavy atom. The van der Waals surface area contributed by atoms with Crippen molar-refractivity contribution in [3.8, 4) is 0 Å². The van der Waals surface area contributed by atoms with Crippen molar-refractivity contribution >= 4 is 21.6 Å². The predicted octanol–water partition coefficient (Wildman–Crippen LogP) is 1.92. The minimum atomic E-state index is 0.583. The van der Waals surface area contributed by atoms with Gasteiger partial charge in [0.1, 0.15) is 4.60 Å². The van der Waals surface area contributed by atoms with Crippen molar-refractivity contribution in [2.45, 2.75) is 26.4 Å². The second kappa shape index (κ2) is 6.45. The van der Waals surface area contributed by atoms with Gasteiger partial charge in [0.05, 0.1) is 18.1 Å². The molecule has 0 spiro atoms. The van der Waals surface area contributed by atoms with Gasteiger partial charge < -0.3 is 10.2 Å². The molecule has 0 atom stereocenters. The molecule has 0 aliphatic rings. The third-order valence-corrected chi connectivity index (χ3v) is 3.68. The van der Waals surface area contributed by atoms with Crippen LogP contribution in [0.15, 0.2) is 23.2 Å². The van der Waals surface area contributed by atoms with Crippen molar-refractivity contribution in [2.75, 3.05) is 20.1 Å². The van der Waals surface area contributed by atoms with E-state index < -0.39 is 0 Å². The highest BCUT2D eigenvalue weighted by Gasteiger charge is 2.05. The molecule has 0 bridgehead atoms. The number of nitrogens with zero attached hydrogens (tertiary/aromatic N) is 4. The molecular formula is C13H20BrN5. The molecule has 0 radical (unpaired) electrons. The van der Waals surface area contributed by atoms with Gasteiger partial charge >= 0.3 is 0 Å². The summed E-state index contributed by atoms with van der Waals surface area (Å²) in [5.41, 5.74) is 2.02. The van der Waals surface area contributed by atoms with Crippen LogP contribution in [0.4, 0.5) is 0 Å². The normalized spacial score (nSPS) is 11.9. The maximum absolute atomic E-state index is 4.33. The fourth-order valence-electron chi connectivity index (χ4n) is 1.78. The Hall–Kier alpha value is -0.980. The first kappa shape index (κ1) is 14.4. The zero-order valence-electron chi connectivity index (χ0n) is 11.6. The summed E-state index contributed by atoms with van der Waals surface area (Å²) in [5.74, 6) is 0. The molecule has 1 N–H and O–H groups in total. The minimum absolute atomic E-state index is 0.583. The van der Waals surface area contributed by atoms with E-state index in [-0.39, 0.29) is 0 Å². The summed E-state index contributed by atoms with van der Waals surface area (Å²) in [6.07, 6.45) is 5.60. The monoisotopic (exact) mass is 325 g/mol. The molecule has 0 aromatic carbocycles. The largest absolute Gasteiger partial charge is 0.310 e. The van der Waals surface area contributed by atoms with Crippen LogP contribution in [0.3, 0.4) is 0 Å². The van der Waals surface area contributed by atoms with E-state index in [1.807, 2.05) is 12.4 Å². The standard InChI is InChI=1S/C13H20BrN5/c1-10(2)18(3)5-4-15-6-11-7-17-13-8-16-12(14)9-19(11)13/h7-10,15H,4-6H2,1-3H3. The molecular weight excluding hydrogens is 306 g/mol. The molecule has 2 aromatic heterocycles. The number of fused-ring (bicyclic) bond motifs is 1. The first-order valence-electron chi connectivity index (χ1n) is 6.46. The van der Waals surface area contributed by atoms with E-state index >= 15 is 0 Å². The van der Waals surface area contributed by atoms with Gasteiger partial charge in [0.15, 0.2) is 5.65 Å². The Labute approximate surface area is 122 Å². The van der Waals surface area contributed by atoms with Crippen LogP contribution in [0.1, 0.15) is 19.5 Å². The highest BCUT2D eigenvalue weighted by Crippen LogP contribution is 2.10. The van der Waals surface area contributed by atoms with E-state index in [1.54, 1.807) is 6.20 Å². The number of hydrogen-bond acceptors (Lipinski definition) is 4.